The second-order valence-corrected chi connectivity index (χ2v) is 6.31. The van der Waals surface area contributed by atoms with E-state index in [0.717, 1.165) is 16.8 Å². The minimum atomic E-state index is -0.209. The molecule has 0 amide bonds. The van der Waals surface area contributed by atoms with Gasteiger partial charge in [-0.05, 0) is 37.3 Å². The number of ether oxygens (including phenoxy) is 2. The third-order valence-corrected chi connectivity index (χ3v) is 4.56. The van der Waals surface area contributed by atoms with Crippen LogP contribution in [0.5, 0.6) is 11.5 Å². The average molecular weight is 375 g/mol. The SMILES string of the molecule is CCNc1[nH]n2c(=O)cc(-c3ccc4c(c3)OCO4)nc2c1-c1ccccn1. The molecule has 4 heterocycles. The van der Waals surface area contributed by atoms with Gasteiger partial charge >= 0.3 is 0 Å². The number of anilines is 1. The van der Waals surface area contributed by atoms with E-state index >= 15 is 0 Å². The van der Waals surface area contributed by atoms with Crippen LogP contribution in [-0.4, -0.2) is 32.9 Å². The number of nitrogens with zero attached hydrogens (tertiary/aromatic N) is 3. The summed E-state index contributed by atoms with van der Waals surface area (Å²) in [5.74, 6) is 2.03. The van der Waals surface area contributed by atoms with Crippen LogP contribution in [0.1, 0.15) is 6.92 Å². The lowest BCUT2D eigenvalue weighted by Gasteiger charge is -2.05. The summed E-state index contributed by atoms with van der Waals surface area (Å²) in [6.07, 6.45) is 1.72. The van der Waals surface area contributed by atoms with Crippen molar-refractivity contribution in [3.63, 3.8) is 0 Å². The molecule has 0 saturated heterocycles. The van der Waals surface area contributed by atoms with Gasteiger partial charge in [-0.1, -0.05) is 6.07 Å². The molecule has 3 aromatic heterocycles. The van der Waals surface area contributed by atoms with Crippen molar-refractivity contribution in [1.82, 2.24) is 19.6 Å². The van der Waals surface area contributed by atoms with Gasteiger partial charge in [-0.15, -0.1) is 0 Å². The molecule has 1 aliphatic rings. The predicted molar refractivity (Wildman–Crippen MR) is 105 cm³/mol. The molecular weight excluding hydrogens is 358 g/mol. The molecule has 0 spiro atoms. The van der Waals surface area contributed by atoms with Crippen LogP contribution in [0, 0.1) is 0 Å². The molecule has 0 radical (unpaired) electrons. The standard InChI is InChI=1S/C20H17N5O3/c1-2-21-19-18(13-5-3-4-8-22-13)20-23-14(10-17(26)25(20)24-19)12-6-7-15-16(9-12)28-11-27-15/h3-10,21,24H,2,11H2,1H3. The fraction of sp³-hybridized carbons (Fsp3) is 0.150. The molecule has 2 N–H and O–H groups in total. The molecule has 0 unspecified atom stereocenters. The van der Waals surface area contributed by atoms with E-state index in [2.05, 4.69) is 15.4 Å². The zero-order valence-electron chi connectivity index (χ0n) is 15.1. The Morgan fingerprint density at radius 2 is 2.04 bits per heavy atom. The molecule has 1 aliphatic heterocycles. The molecule has 8 heteroatoms. The first-order valence-corrected chi connectivity index (χ1v) is 8.95. The van der Waals surface area contributed by atoms with Crippen molar-refractivity contribution in [2.45, 2.75) is 6.92 Å². The summed E-state index contributed by atoms with van der Waals surface area (Å²) < 4.78 is 12.2. The molecule has 0 aliphatic carbocycles. The van der Waals surface area contributed by atoms with E-state index in [1.807, 2.05) is 43.3 Å². The van der Waals surface area contributed by atoms with Crippen molar-refractivity contribution in [2.75, 3.05) is 18.7 Å². The Bertz CT molecular complexity index is 1230. The van der Waals surface area contributed by atoms with E-state index in [9.17, 15) is 4.79 Å². The maximum Gasteiger partial charge on any atom is 0.273 e. The van der Waals surface area contributed by atoms with E-state index < -0.39 is 0 Å². The predicted octanol–water partition coefficient (Wildman–Crippen LogP) is 2.91. The van der Waals surface area contributed by atoms with Crippen molar-refractivity contribution >= 4 is 11.5 Å². The third kappa shape index (κ3) is 2.58. The number of pyridine rings is 1. The summed E-state index contributed by atoms with van der Waals surface area (Å²) >= 11 is 0. The number of nitrogens with one attached hydrogen (secondary N) is 2. The highest BCUT2D eigenvalue weighted by atomic mass is 16.7. The van der Waals surface area contributed by atoms with Crippen molar-refractivity contribution in [2.24, 2.45) is 0 Å². The van der Waals surface area contributed by atoms with Crippen LogP contribution in [0.2, 0.25) is 0 Å². The number of hydrogen-bond acceptors (Lipinski definition) is 6. The van der Waals surface area contributed by atoms with Gasteiger partial charge < -0.3 is 14.8 Å². The summed E-state index contributed by atoms with van der Waals surface area (Å²) in [5, 5.41) is 6.35. The topological polar surface area (TPSA) is 93.5 Å². The van der Waals surface area contributed by atoms with E-state index in [4.69, 9.17) is 14.5 Å². The molecule has 0 bridgehead atoms. The Morgan fingerprint density at radius 1 is 1.14 bits per heavy atom. The summed E-state index contributed by atoms with van der Waals surface area (Å²) in [7, 11) is 0. The van der Waals surface area contributed by atoms with Gasteiger partial charge in [0.05, 0.1) is 17.0 Å². The van der Waals surface area contributed by atoms with Crippen LogP contribution >= 0.6 is 0 Å². The van der Waals surface area contributed by atoms with Gasteiger partial charge in [0.25, 0.3) is 5.56 Å². The summed E-state index contributed by atoms with van der Waals surface area (Å²) in [6, 6.07) is 12.7. The van der Waals surface area contributed by atoms with Crippen molar-refractivity contribution < 1.29 is 9.47 Å². The second-order valence-electron chi connectivity index (χ2n) is 6.31. The van der Waals surface area contributed by atoms with E-state index in [1.165, 1.54) is 10.6 Å². The van der Waals surface area contributed by atoms with Crippen LogP contribution in [0.4, 0.5) is 5.82 Å². The summed E-state index contributed by atoms with van der Waals surface area (Å²) in [4.78, 5) is 22.0. The number of fused-ring (bicyclic) bond motifs is 2. The van der Waals surface area contributed by atoms with Gasteiger partial charge in [-0.2, -0.15) is 4.52 Å². The number of H-pyrrole nitrogens is 1. The molecular formula is C20H17N5O3. The first-order chi connectivity index (χ1) is 13.7. The van der Waals surface area contributed by atoms with Gasteiger partial charge in [0, 0.05) is 24.4 Å². The fourth-order valence-corrected chi connectivity index (χ4v) is 3.30. The number of aromatic amines is 1. The lowest BCUT2D eigenvalue weighted by atomic mass is 10.1. The number of hydrogen-bond donors (Lipinski definition) is 2. The molecule has 0 atom stereocenters. The first kappa shape index (κ1) is 16.4. The average Bonchev–Trinajstić information content (AvgIpc) is 3.33. The van der Waals surface area contributed by atoms with Gasteiger partial charge in [-0.3, -0.25) is 14.9 Å². The zero-order valence-corrected chi connectivity index (χ0v) is 15.1. The molecule has 0 saturated carbocycles. The summed E-state index contributed by atoms with van der Waals surface area (Å²) in [6.45, 7) is 2.87. The fourth-order valence-electron chi connectivity index (χ4n) is 3.30. The van der Waals surface area contributed by atoms with Gasteiger partial charge in [0.1, 0.15) is 5.82 Å². The van der Waals surface area contributed by atoms with E-state index in [-0.39, 0.29) is 12.4 Å². The molecule has 4 aromatic rings. The normalized spacial score (nSPS) is 12.5. The Hall–Kier alpha value is -3.81. The third-order valence-electron chi connectivity index (χ3n) is 4.56. The van der Waals surface area contributed by atoms with Crippen molar-refractivity contribution in [3.8, 4) is 34.0 Å². The summed E-state index contributed by atoms with van der Waals surface area (Å²) in [5.41, 5.74) is 3.12. The highest BCUT2D eigenvalue weighted by Gasteiger charge is 2.19. The molecule has 140 valence electrons. The Morgan fingerprint density at radius 3 is 2.86 bits per heavy atom. The highest BCUT2D eigenvalue weighted by molar-refractivity contribution is 5.86. The van der Waals surface area contributed by atoms with Crippen LogP contribution in [0.15, 0.2) is 53.5 Å². The Kier molecular flexibility index (Phi) is 3.75. The van der Waals surface area contributed by atoms with Crippen molar-refractivity contribution in [1.29, 1.82) is 0 Å². The monoisotopic (exact) mass is 375 g/mol. The number of benzene rings is 1. The van der Waals surface area contributed by atoms with E-state index in [1.54, 1.807) is 6.20 Å². The smallest absolute Gasteiger partial charge is 0.273 e. The quantitative estimate of drug-likeness (QED) is 0.570. The maximum absolute atomic E-state index is 12.8. The Labute approximate surface area is 159 Å². The Balaban J connectivity index is 1.74. The minimum Gasteiger partial charge on any atom is -0.454 e. The second kappa shape index (κ2) is 6.41. The van der Waals surface area contributed by atoms with Crippen LogP contribution < -0.4 is 20.3 Å². The molecule has 1 aromatic carbocycles. The number of rotatable bonds is 4. The van der Waals surface area contributed by atoms with Gasteiger partial charge in [0.2, 0.25) is 6.79 Å². The minimum absolute atomic E-state index is 0.196. The van der Waals surface area contributed by atoms with Gasteiger partial charge in [0.15, 0.2) is 17.1 Å². The van der Waals surface area contributed by atoms with Crippen LogP contribution in [0.3, 0.4) is 0 Å². The molecule has 28 heavy (non-hydrogen) atoms. The zero-order chi connectivity index (χ0) is 19.1. The molecule has 5 rings (SSSR count). The largest absolute Gasteiger partial charge is 0.454 e. The van der Waals surface area contributed by atoms with E-state index in [0.29, 0.717) is 35.2 Å². The van der Waals surface area contributed by atoms with Crippen molar-refractivity contribution in [3.05, 3.63) is 59.0 Å². The van der Waals surface area contributed by atoms with Crippen LogP contribution in [-0.2, 0) is 0 Å². The number of aromatic nitrogens is 4. The maximum atomic E-state index is 12.8. The molecule has 8 nitrogen and oxygen atoms in total. The first-order valence-electron chi connectivity index (χ1n) is 8.95. The lowest BCUT2D eigenvalue weighted by Crippen LogP contribution is -2.14. The van der Waals surface area contributed by atoms with Gasteiger partial charge in [-0.25, -0.2) is 4.98 Å². The lowest BCUT2D eigenvalue weighted by molar-refractivity contribution is 0.174. The van der Waals surface area contributed by atoms with Crippen LogP contribution in [0.25, 0.3) is 28.2 Å². The highest BCUT2D eigenvalue weighted by Crippen LogP contribution is 2.36. The molecule has 0 fully saturated rings.